The first-order chi connectivity index (χ1) is 7.81. The first kappa shape index (κ1) is 12.2. The van der Waals surface area contributed by atoms with Gasteiger partial charge in [-0.1, -0.05) is 0 Å². The molecule has 0 aromatic heterocycles. The Morgan fingerprint density at radius 1 is 1.50 bits per heavy atom. The number of carbonyl (C=O) groups is 1. The minimum Gasteiger partial charge on any atom is -0.490 e. The van der Waals surface area contributed by atoms with Gasteiger partial charge in [0.1, 0.15) is 12.4 Å². The van der Waals surface area contributed by atoms with E-state index in [0.29, 0.717) is 36.5 Å². The number of hydrogen-bond donors (Lipinski definition) is 2. The Balaban J connectivity index is 2.55. The molecule has 5 nitrogen and oxygen atoms in total. The summed E-state index contributed by atoms with van der Waals surface area (Å²) >= 11 is 0. The molecule has 86 valence electrons. The highest BCUT2D eigenvalue weighted by Gasteiger charge is 2.05. The first-order valence-corrected chi connectivity index (χ1v) is 4.78. The van der Waals surface area contributed by atoms with Gasteiger partial charge in [-0.25, -0.2) is 0 Å². The number of carbonyl (C=O) groups excluding carboxylic acids is 1. The summed E-state index contributed by atoms with van der Waals surface area (Å²) in [4.78, 5) is 10.6. The topological polar surface area (TPSA) is 71.4 Å². The molecule has 0 spiro atoms. The van der Waals surface area contributed by atoms with Crippen LogP contribution >= 0.6 is 0 Å². The molecule has 0 unspecified atom stereocenters. The summed E-state index contributed by atoms with van der Waals surface area (Å²) in [6.07, 6.45) is 6.69. The Bertz CT molecular complexity index is 346. The van der Waals surface area contributed by atoms with Crippen LogP contribution in [-0.2, 0) is 14.3 Å². The Hall–Kier alpha value is -1.88. The average Bonchev–Trinajstić information content (AvgIpc) is 2.33. The van der Waals surface area contributed by atoms with Crippen LogP contribution in [0.5, 0.6) is 0 Å². The Morgan fingerprint density at radius 3 is 2.81 bits per heavy atom. The highest BCUT2D eigenvalue weighted by molar-refractivity contribution is 6.01. The Kier molecular flexibility index (Phi) is 5.01. The van der Waals surface area contributed by atoms with Crippen molar-refractivity contribution >= 4 is 12.5 Å². The third-order valence-corrected chi connectivity index (χ3v) is 1.93. The number of allylic oxidation sites excluding steroid dienone is 3. The number of ether oxygens (including phenoxy) is 2. The summed E-state index contributed by atoms with van der Waals surface area (Å²) in [5.74, 6) is 0.663. The Morgan fingerprint density at radius 2 is 2.31 bits per heavy atom. The van der Waals surface area contributed by atoms with Gasteiger partial charge in [-0.2, -0.15) is 0 Å². The maximum atomic E-state index is 10.6. The second kappa shape index (κ2) is 6.58. The normalized spacial score (nSPS) is 17.2. The van der Waals surface area contributed by atoms with Gasteiger partial charge < -0.3 is 20.2 Å². The monoisotopic (exact) mass is 222 g/mol. The van der Waals surface area contributed by atoms with Crippen LogP contribution in [0.4, 0.5) is 0 Å². The van der Waals surface area contributed by atoms with Gasteiger partial charge in [0.25, 0.3) is 0 Å². The lowest BCUT2D eigenvalue weighted by Gasteiger charge is -2.13. The van der Waals surface area contributed by atoms with Gasteiger partial charge in [0.05, 0.1) is 17.9 Å². The number of methoxy groups -OCH3 is 1. The summed E-state index contributed by atoms with van der Waals surface area (Å²) in [7, 11) is 1.61. The number of aldehydes is 1. The van der Waals surface area contributed by atoms with Crippen molar-refractivity contribution < 1.29 is 14.3 Å². The fourth-order valence-corrected chi connectivity index (χ4v) is 1.10. The lowest BCUT2D eigenvalue weighted by atomic mass is 10.2. The van der Waals surface area contributed by atoms with Crippen molar-refractivity contribution in [2.45, 2.75) is 0 Å². The predicted octanol–water partition coefficient (Wildman–Crippen LogP) is 0.753. The van der Waals surface area contributed by atoms with Crippen LogP contribution in [0, 0.1) is 5.41 Å². The maximum Gasteiger partial charge on any atom is 0.153 e. The van der Waals surface area contributed by atoms with E-state index in [-0.39, 0.29) is 0 Å². The molecule has 0 bridgehead atoms. The second-order valence-electron chi connectivity index (χ2n) is 3.00. The third kappa shape index (κ3) is 3.36. The van der Waals surface area contributed by atoms with E-state index in [4.69, 9.17) is 14.9 Å². The van der Waals surface area contributed by atoms with Crippen molar-refractivity contribution in [2.24, 2.45) is 0 Å². The zero-order chi connectivity index (χ0) is 11.8. The minimum absolute atomic E-state index is 0.295. The lowest BCUT2D eigenvalue weighted by molar-refractivity contribution is -0.104. The molecule has 0 saturated carbocycles. The van der Waals surface area contributed by atoms with Gasteiger partial charge >= 0.3 is 0 Å². The van der Waals surface area contributed by atoms with Crippen molar-refractivity contribution in [3.63, 3.8) is 0 Å². The molecule has 0 atom stereocenters. The maximum absolute atomic E-state index is 10.6. The quantitative estimate of drug-likeness (QED) is 0.301. The number of hydrogen-bond acceptors (Lipinski definition) is 5. The molecule has 16 heavy (non-hydrogen) atoms. The van der Waals surface area contributed by atoms with E-state index < -0.39 is 0 Å². The van der Waals surface area contributed by atoms with Crippen LogP contribution < -0.4 is 5.32 Å². The average molecular weight is 222 g/mol. The number of rotatable bonds is 6. The largest absolute Gasteiger partial charge is 0.490 e. The molecule has 0 amide bonds. The summed E-state index contributed by atoms with van der Waals surface area (Å²) in [6.45, 7) is 0.993. The molecule has 1 aliphatic heterocycles. The molecule has 1 heterocycles. The second-order valence-corrected chi connectivity index (χ2v) is 3.00. The molecule has 0 aromatic carbocycles. The van der Waals surface area contributed by atoms with Crippen molar-refractivity contribution in [3.05, 3.63) is 35.4 Å². The summed E-state index contributed by atoms with van der Waals surface area (Å²) < 4.78 is 10.2. The number of nitrogens with one attached hydrogen (secondary N) is 2. The molecular formula is C11H14N2O3. The standard InChI is InChI=1S/C11H14N2O3/c1-15-4-5-16-10-2-3-11(13-7-10)9(6-12)8-14/h2-3,6-8,12-13H,4-5H2,1H3/b11-9+,12-6?. The van der Waals surface area contributed by atoms with E-state index in [1.165, 1.54) is 0 Å². The zero-order valence-electron chi connectivity index (χ0n) is 9.03. The van der Waals surface area contributed by atoms with Crippen molar-refractivity contribution in [3.8, 4) is 0 Å². The van der Waals surface area contributed by atoms with E-state index in [9.17, 15) is 4.79 Å². The van der Waals surface area contributed by atoms with Gasteiger partial charge in [0, 0.05) is 19.5 Å². The van der Waals surface area contributed by atoms with E-state index >= 15 is 0 Å². The van der Waals surface area contributed by atoms with Crippen molar-refractivity contribution in [1.82, 2.24) is 5.32 Å². The molecular weight excluding hydrogens is 208 g/mol. The molecule has 0 aliphatic carbocycles. The molecule has 2 N–H and O–H groups in total. The van der Waals surface area contributed by atoms with E-state index in [1.807, 2.05) is 0 Å². The van der Waals surface area contributed by atoms with Gasteiger partial charge in [0.15, 0.2) is 6.29 Å². The SMILES string of the molecule is COCCOC1=CN/C(=C(\C=N)C=O)C=C1. The van der Waals surface area contributed by atoms with E-state index in [2.05, 4.69) is 5.32 Å². The number of dihydropyridines is 1. The Labute approximate surface area is 93.9 Å². The first-order valence-electron chi connectivity index (χ1n) is 4.78. The van der Waals surface area contributed by atoms with Crippen molar-refractivity contribution in [1.29, 1.82) is 5.41 Å². The molecule has 1 aliphatic rings. The highest BCUT2D eigenvalue weighted by atomic mass is 16.5. The van der Waals surface area contributed by atoms with E-state index in [0.717, 1.165) is 6.21 Å². The molecule has 0 aromatic rings. The summed E-state index contributed by atoms with van der Waals surface area (Å²) in [6, 6.07) is 0. The van der Waals surface area contributed by atoms with Crippen LogP contribution in [0.3, 0.4) is 0 Å². The third-order valence-electron chi connectivity index (χ3n) is 1.93. The fraction of sp³-hybridized carbons (Fsp3) is 0.273. The van der Waals surface area contributed by atoms with Crippen LogP contribution in [0.15, 0.2) is 35.4 Å². The van der Waals surface area contributed by atoms with Crippen LogP contribution in [-0.4, -0.2) is 32.8 Å². The molecule has 0 fully saturated rings. The molecule has 5 heteroatoms. The van der Waals surface area contributed by atoms with E-state index in [1.54, 1.807) is 25.5 Å². The van der Waals surface area contributed by atoms with Crippen LogP contribution in [0.1, 0.15) is 0 Å². The van der Waals surface area contributed by atoms with Crippen LogP contribution in [0.2, 0.25) is 0 Å². The molecule has 0 saturated heterocycles. The molecule has 0 radical (unpaired) electrons. The van der Waals surface area contributed by atoms with Gasteiger partial charge in [-0.15, -0.1) is 0 Å². The minimum atomic E-state index is 0.295. The highest BCUT2D eigenvalue weighted by Crippen LogP contribution is 2.09. The smallest absolute Gasteiger partial charge is 0.153 e. The van der Waals surface area contributed by atoms with Gasteiger partial charge in [-0.05, 0) is 12.2 Å². The lowest BCUT2D eigenvalue weighted by Crippen LogP contribution is -2.13. The fourth-order valence-electron chi connectivity index (χ4n) is 1.10. The van der Waals surface area contributed by atoms with Gasteiger partial charge in [0.2, 0.25) is 0 Å². The summed E-state index contributed by atoms with van der Waals surface area (Å²) in [5, 5.41) is 9.91. The summed E-state index contributed by atoms with van der Waals surface area (Å²) in [5.41, 5.74) is 0.882. The van der Waals surface area contributed by atoms with Crippen LogP contribution in [0.25, 0.3) is 0 Å². The molecule has 1 rings (SSSR count). The predicted molar refractivity (Wildman–Crippen MR) is 60.1 cm³/mol. The van der Waals surface area contributed by atoms with Crippen molar-refractivity contribution in [2.75, 3.05) is 20.3 Å². The van der Waals surface area contributed by atoms with Gasteiger partial charge in [-0.3, -0.25) is 4.79 Å². The zero-order valence-corrected chi connectivity index (χ0v) is 9.03.